The van der Waals surface area contributed by atoms with Crippen molar-refractivity contribution < 1.29 is 60.0 Å². The number of aliphatic hydroxyl groups excluding tert-OH is 4. The second-order valence-corrected chi connectivity index (χ2v) is 8.07. The lowest BCUT2D eigenvalue weighted by Crippen LogP contribution is -2.19. The largest absolute Gasteiger partial charge is 0.478 e. The summed E-state index contributed by atoms with van der Waals surface area (Å²) < 4.78 is 0. The summed E-state index contributed by atoms with van der Waals surface area (Å²) in [6, 6.07) is 10.0. The summed E-state index contributed by atoms with van der Waals surface area (Å²) in [7, 11) is 0. The van der Waals surface area contributed by atoms with Gasteiger partial charge in [-0.15, -0.1) is 0 Å². The monoisotopic (exact) mass is 538 g/mol. The van der Waals surface area contributed by atoms with Gasteiger partial charge in [0, 0.05) is 13.2 Å². The first-order valence-electron chi connectivity index (χ1n) is 11.6. The van der Waals surface area contributed by atoms with Crippen molar-refractivity contribution in [3.8, 4) is 0 Å². The number of carboxylic acid groups (broad SMARTS) is 4. The van der Waals surface area contributed by atoms with Crippen molar-refractivity contribution >= 4 is 23.9 Å². The maximum absolute atomic E-state index is 10.3. The van der Waals surface area contributed by atoms with Gasteiger partial charge in [0.05, 0.1) is 35.5 Å². The van der Waals surface area contributed by atoms with Crippen LogP contribution < -0.4 is 0 Å². The van der Waals surface area contributed by atoms with Gasteiger partial charge in [-0.05, 0) is 86.1 Å². The third kappa shape index (κ3) is 14.0. The van der Waals surface area contributed by atoms with Crippen LogP contribution in [0.4, 0.5) is 0 Å². The Labute approximate surface area is 219 Å². The van der Waals surface area contributed by atoms with Crippen molar-refractivity contribution in [2.75, 3.05) is 26.4 Å². The minimum Gasteiger partial charge on any atom is -0.478 e. The van der Waals surface area contributed by atoms with Crippen molar-refractivity contribution in [2.24, 2.45) is 11.8 Å². The fraction of sp³-hybridized carbons (Fsp3) is 0.385. The zero-order valence-electron chi connectivity index (χ0n) is 20.6. The number of aliphatic hydroxyl groups is 4. The minimum atomic E-state index is -1.06. The van der Waals surface area contributed by atoms with E-state index in [0.29, 0.717) is 25.0 Å². The Morgan fingerprint density at radius 1 is 0.474 bits per heavy atom. The van der Waals surface area contributed by atoms with Gasteiger partial charge in [-0.3, -0.25) is 0 Å². The summed E-state index contributed by atoms with van der Waals surface area (Å²) in [6.07, 6.45) is 4.40. The van der Waals surface area contributed by atoms with Crippen LogP contribution in [0.2, 0.25) is 0 Å². The van der Waals surface area contributed by atoms with E-state index in [-0.39, 0.29) is 35.5 Å². The van der Waals surface area contributed by atoms with Crippen molar-refractivity contribution in [2.45, 2.75) is 25.7 Å². The lowest BCUT2D eigenvalue weighted by atomic mass is 9.83. The van der Waals surface area contributed by atoms with Crippen molar-refractivity contribution in [1.82, 2.24) is 0 Å². The molecule has 1 saturated carbocycles. The summed E-state index contributed by atoms with van der Waals surface area (Å²) >= 11 is 0. The average Bonchev–Trinajstić information content (AvgIpc) is 2.94. The first-order valence-corrected chi connectivity index (χ1v) is 11.6. The van der Waals surface area contributed by atoms with Gasteiger partial charge >= 0.3 is 23.9 Å². The fourth-order valence-corrected chi connectivity index (χ4v) is 3.11. The second kappa shape index (κ2) is 19.3. The van der Waals surface area contributed by atoms with Crippen LogP contribution in [-0.4, -0.2) is 91.2 Å². The van der Waals surface area contributed by atoms with E-state index in [1.54, 1.807) is 0 Å². The summed E-state index contributed by atoms with van der Waals surface area (Å²) in [4.78, 5) is 41.3. The van der Waals surface area contributed by atoms with Gasteiger partial charge < -0.3 is 40.9 Å². The van der Waals surface area contributed by atoms with E-state index >= 15 is 0 Å². The Hall–Kier alpha value is -3.84. The Morgan fingerprint density at radius 2 is 0.658 bits per heavy atom. The van der Waals surface area contributed by atoms with Crippen molar-refractivity contribution in [3.05, 3.63) is 70.8 Å². The molecule has 1 aliphatic rings. The molecule has 0 amide bonds. The topological polar surface area (TPSA) is 230 Å². The highest BCUT2D eigenvalue weighted by Gasteiger charge is 2.19. The van der Waals surface area contributed by atoms with Crippen LogP contribution >= 0.6 is 0 Å². The van der Waals surface area contributed by atoms with Crippen molar-refractivity contribution in [3.63, 3.8) is 0 Å². The van der Waals surface area contributed by atoms with E-state index in [9.17, 15) is 19.2 Å². The molecule has 0 bridgehead atoms. The molecule has 0 unspecified atom stereocenters. The molecule has 0 saturated heterocycles. The van der Waals surface area contributed by atoms with E-state index in [4.69, 9.17) is 40.9 Å². The summed E-state index contributed by atoms with van der Waals surface area (Å²) in [6.45, 7) is 0.413. The zero-order valence-corrected chi connectivity index (χ0v) is 20.6. The first-order chi connectivity index (χ1) is 18.0. The second-order valence-electron chi connectivity index (χ2n) is 8.07. The molecule has 2 aromatic rings. The molecule has 2 aromatic carbocycles. The molecule has 38 heavy (non-hydrogen) atoms. The lowest BCUT2D eigenvalue weighted by molar-refractivity contribution is 0.0681. The van der Waals surface area contributed by atoms with E-state index in [1.807, 2.05) is 0 Å². The van der Waals surface area contributed by atoms with Gasteiger partial charge in [0.25, 0.3) is 0 Å². The summed E-state index contributed by atoms with van der Waals surface area (Å²) in [5.41, 5.74) is 0.333. The third-order valence-electron chi connectivity index (χ3n) is 5.34. The van der Waals surface area contributed by atoms with E-state index in [2.05, 4.69) is 0 Å². The van der Waals surface area contributed by atoms with Gasteiger partial charge in [-0.2, -0.15) is 0 Å². The van der Waals surface area contributed by atoms with Gasteiger partial charge in [0.1, 0.15) is 0 Å². The number of carboxylic acids is 4. The van der Waals surface area contributed by atoms with Gasteiger partial charge in [-0.25, -0.2) is 19.2 Å². The predicted molar refractivity (Wildman–Crippen MR) is 135 cm³/mol. The molecule has 3 rings (SSSR count). The zero-order chi connectivity index (χ0) is 29.1. The smallest absolute Gasteiger partial charge is 0.335 e. The predicted octanol–water partition coefficient (Wildman–Crippen LogP) is 1.91. The Kier molecular flexibility index (Phi) is 17.3. The molecule has 12 nitrogen and oxygen atoms in total. The van der Waals surface area contributed by atoms with E-state index in [1.165, 1.54) is 48.5 Å². The van der Waals surface area contributed by atoms with Crippen LogP contribution in [0.5, 0.6) is 0 Å². The summed E-state index contributed by atoms with van der Waals surface area (Å²) in [5, 5.41) is 66.7. The highest BCUT2D eigenvalue weighted by atomic mass is 16.4. The van der Waals surface area contributed by atoms with Crippen LogP contribution in [0.15, 0.2) is 48.5 Å². The van der Waals surface area contributed by atoms with Gasteiger partial charge in [-0.1, -0.05) is 0 Å². The number of carbonyl (C=O) groups is 4. The molecule has 0 atom stereocenters. The van der Waals surface area contributed by atoms with Gasteiger partial charge in [0.2, 0.25) is 0 Å². The molecule has 0 heterocycles. The number of rotatable bonds is 7. The lowest BCUT2D eigenvalue weighted by Gasteiger charge is -2.25. The number of hydrogen-bond acceptors (Lipinski definition) is 8. The standard InChI is InChI=1S/2C8H6O4.C8H16O2.C2H6O2/c2*9-7(10)5-1-2-6(4-3-5)8(11)12;9-5-7-1-2-8(6-10)4-3-7;3-1-2-4/h2*1-4H,(H,9,10)(H,11,12);7-10H,1-6H2;3-4H,1-2H2. The SMILES string of the molecule is O=C(O)c1ccc(C(=O)O)cc1.O=C(O)c1ccc(C(=O)O)cc1.OCC1CCC(CO)CC1.OCCO. The third-order valence-corrected chi connectivity index (χ3v) is 5.34. The van der Waals surface area contributed by atoms with Gasteiger partial charge in [0.15, 0.2) is 0 Å². The van der Waals surface area contributed by atoms with E-state index in [0.717, 1.165) is 25.7 Å². The summed E-state index contributed by atoms with van der Waals surface area (Å²) in [5.74, 6) is -3.22. The molecule has 1 aliphatic carbocycles. The number of aromatic carboxylic acids is 4. The molecular formula is C26H34O12. The average molecular weight is 539 g/mol. The fourth-order valence-electron chi connectivity index (χ4n) is 3.11. The molecule has 0 radical (unpaired) electrons. The first kappa shape index (κ1) is 34.2. The van der Waals surface area contributed by atoms with E-state index < -0.39 is 23.9 Å². The maximum Gasteiger partial charge on any atom is 0.335 e. The minimum absolute atomic E-state index is 0.0833. The number of benzene rings is 2. The Bertz CT molecular complexity index is 831. The Morgan fingerprint density at radius 3 is 0.763 bits per heavy atom. The maximum atomic E-state index is 10.3. The van der Waals surface area contributed by atoms with Crippen LogP contribution in [0.25, 0.3) is 0 Å². The molecular weight excluding hydrogens is 504 g/mol. The molecule has 0 spiro atoms. The molecule has 0 aliphatic heterocycles. The Balaban J connectivity index is 0.000000506. The highest BCUT2D eigenvalue weighted by molar-refractivity contribution is 5.92. The molecule has 12 heteroatoms. The molecule has 0 aromatic heterocycles. The number of hydrogen-bond donors (Lipinski definition) is 8. The highest BCUT2D eigenvalue weighted by Crippen LogP contribution is 2.27. The van der Waals surface area contributed by atoms with Crippen LogP contribution in [-0.2, 0) is 0 Å². The normalized spacial score (nSPS) is 15.7. The van der Waals surface area contributed by atoms with Crippen LogP contribution in [0.1, 0.15) is 67.1 Å². The molecule has 8 N–H and O–H groups in total. The van der Waals surface area contributed by atoms with Crippen LogP contribution in [0, 0.1) is 11.8 Å². The van der Waals surface area contributed by atoms with Crippen LogP contribution in [0.3, 0.4) is 0 Å². The van der Waals surface area contributed by atoms with Crippen molar-refractivity contribution in [1.29, 1.82) is 0 Å². The quantitative estimate of drug-likeness (QED) is 0.253. The molecule has 1 fully saturated rings. The molecule has 210 valence electrons.